The minimum absolute atomic E-state index is 0.0379. The molecular weight excluding hydrogens is 413 g/mol. The third kappa shape index (κ3) is 3.42. The Bertz CT molecular complexity index is 1160. The van der Waals surface area contributed by atoms with Crippen LogP contribution >= 0.6 is 34.5 Å². The molecule has 2 N–H and O–H groups in total. The van der Waals surface area contributed by atoms with Crippen LogP contribution in [0.15, 0.2) is 50.5 Å². The molecule has 0 saturated carbocycles. The minimum atomic E-state index is -0.497. The number of aromatic nitrogens is 1. The predicted molar refractivity (Wildman–Crippen MR) is 103 cm³/mol. The van der Waals surface area contributed by atoms with Crippen molar-refractivity contribution in [1.29, 1.82) is 0 Å². The number of oxazole rings is 1. The van der Waals surface area contributed by atoms with Crippen LogP contribution in [-0.4, -0.2) is 22.2 Å². The van der Waals surface area contributed by atoms with Crippen LogP contribution in [-0.2, 0) is 0 Å². The number of furan rings is 1. The number of carbonyl (C=O) groups excluding carboxylic acids is 1. The summed E-state index contributed by atoms with van der Waals surface area (Å²) in [4.78, 5) is 16.7. The standard InChI is InChI=1S/C17H9Cl2N3O4S/c18-8-3-4-9-12(6-8)27-14(13(9)19)15(23)22-20-7-10-17(24)26-16(21-10)11-2-1-5-25-11/h1-7,24H,(H,22,23)/b20-7+. The van der Waals surface area contributed by atoms with E-state index in [0.29, 0.717) is 20.7 Å². The first-order chi connectivity index (χ1) is 13.0. The van der Waals surface area contributed by atoms with E-state index in [9.17, 15) is 9.90 Å². The lowest BCUT2D eigenvalue weighted by molar-refractivity contribution is 0.0959. The van der Waals surface area contributed by atoms with E-state index in [-0.39, 0.29) is 11.6 Å². The first-order valence-electron chi connectivity index (χ1n) is 7.47. The van der Waals surface area contributed by atoms with Gasteiger partial charge in [-0.05, 0) is 24.3 Å². The number of nitrogens with one attached hydrogen (secondary N) is 1. The number of hydrogen-bond acceptors (Lipinski definition) is 7. The summed E-state index contributed by atoms with van der Waals surface area (Å²) >= 11 is 13.4. The van der Waals surface area contributed by atoms with Gasteiger partial charge in [-0.15, -0.1) is 11.3 Å². The molecule has 4 aromatic rings. The summed E-state index contributed by atoms with van der Waals surface area (Å²) in [7, 11) is 0. The summed E-state index contributed by atoms with van der Waals surface area (Å²) in [6.07, 6.45) is 2.60. The lowest BCUT2D eigenvalue weighted by atomic mass is 10.2. The highest BCUT2D eigenvalue weighted by molar-refractivity contribution is 7.21. The maximum Gasteiger partial charge on any atom is 0.312 e. The molecule has 3 heterocycles. The molecule has 0 bridgehead atoms. The number of amides is 1. The van der Waals surface area contributed by atoms with Gasteiger partial charge < -0.3 is 13.9 Å². The second-order valence-electron chi connectivity index (χ2n) is 5.27. The number of nitrogens with zero attached hydrogens (tertiary/aromatic N) is 2. The molecule has 4 rings (SSSR count). The molecule has 0 radical (unpaired) electrons. The van der Waals surface area contributed by atoms with E-state index in [4.69, 9.17) is 32.0 Å². The Labute approximate surface area is 165 Å². The molecule has 0 aliphatic rings. The van der Waals surface area contributed by atoms with Gasteiger partial charge in [0.15, 0.2) is 11.5 Å². The molecular formula is C17H9Cl2N3O4S. The van der Waals surface area contributed by atoms with E-state index in [1.807, 2.05) is 0 Å². The Hall–Kier alpha value is -2.81. The largest absolute Gasteiger partial charge is 0.479 e. The topological polar surface area (TPSA) is 101 Å². The molecule has 0 aliphatic carbocycles. The van der Waals surface area contributed by atoms with Crippen molar-refractivity contribution in [2.45, 2.75) is 0 Å². The van der Waals surface area contributed by atoms with Gasteiger partial charge in [0.05, 0.1) is 17.5 Å². The van der Waals surface area contributed by atoms with Gasteiger partial charge in [0.25, 0.3) is 11.8 Å². The highest BCUT2D eigenvalue weighted by Crippen LogP contribution is 2.36. The zero-order valence-corrected chi connectivity index (χ0v) is 15.6. The molecule has 10 heteroatoms. The zero-order chi connectivity index (χ0) is 19.0. The number of hydrazone groups is 1. The van der Waals surface area contributed by atoms with Crippen molar-refractivity contribution < 1.29 is 18.7 Å². The number of thiophene rings is 1. The van der Waals surface area contributed by atoms with Gasteiger partial charge in [-0.2, -0.15) is 5.10 Å². The van der Waals surface area contributed by atoms with E-state index < -0.39 is 11.9 Å². The van der Waals surface area contributed by atoms with Crippen LogP contribution in [0.1, 0.15) is 15.4 Å². The Morgan fingerprint density at radius 2 is 2.19 bits per heavy atom. The average molecular weight is 422 g/mol. The van der Waals surface area contributed by atoms with Crippen molar-refractivity contribution in [3.05, 3.63) is 57.2 Å². The molecule has 0 spiro atoms. The third-order valence-electron chi connectivity index (χ3n) is 3.52. The molecule has 0 unspecified atom stereocenters. The summed E-state index contributed by atoms with van der Waals surface area (Å²) in [5, 5.41) is 15.2. The van der Waals surface area contributed by atoms with E-state index in [0.717, 1.165) is 16.3 Å². The Kier molecular flexibility index (Phi) is 4.61. The van der Waals surface area contributed by atoms with Crippen LogP contribution in [0.5, 0.6) is 5.95 Å². The Morgan fingerprint density at radius 1 is 1.33 bits per heavy atom. The van der Waals surface area contributed by atoms with Crippen LogP contribution in [0.4, 0.5) is 0 Å². The molecule has 27 heavy (non-hydrogen) atoms. The Morgan fingerprint density at radius 3 is 2.96 bits per heavy atom. The maximum absolute atomic E-state index is 12.3. The summed E-state index contributed by atoms with van der Waals surface area (Å²) in [6.45, 7) is 0. The van der Waals surface area contributed by atoms with E-state index in [1.54, 1.807) is 30.3 Å². The van der Waals surface area contributed by atoms with Crippen LogP contribution < -0.4 is 5.43 Å². The lowest BCUT2D eigenvalue weighted by Gasteiger charge is -1.96. The van der Waals surface area contributed by atoms with Gasteiger partial charge in [-0.25, -0.2) is 10.4 Å². The zero-order valence-electron chi connectivity index (χ0n) is 13.3. The lowest BCUT2D eigenvalue weighted by Crippen LogP contribution is -2.16. The molecule has 1 aromatic carbocycles. The average Bonchev–Trinajstić information content (AvgIpc) is 3.35. The second-order valence-corrected chi connectivity index (χ2v) is 7.14. The summed E-state index contributed by atoms with van der Waals surface area (Å²) in [5.74, 6) is -0.504. The summed E-state index contributed by atoms with van der Waals surface area (Å²) < 4.78 is 11.0. The fraction of sp³-hybridized carbons (Fsp3) is 0. The van der Waals surface area contributed by atoms with Crippen molar-refractivity contribution in [3.63, 3.8) is 0 Å². The number of rotatable bonds is 4. The van der Waals surface area contributed by atoms with Crippen molar-refractivity contribution >= 4 is 56.7 Å². The van der Waals surface area contributed by atoms with Crippen LogP contribution in [0.25, 0.3) is 21.7 Å². The molecule has 3 aromatic heterocycles. The third-order valence-corrected chi connectivity index (χ3v) is 5.41. The monoisotopic (exact) mass is 421 g/mol. The van der Waals surface area contributed by atoms with Gasteiger partial charge in [0, 0.05) is 15.1 Å². The number of benzene rings is 1. The smallest absolute Gasteiger partial charge is 0.312 e. The minimum Gasteiger partial charge on any atom is -0.479 e. The van der Waals surface area contributed by atoms with Crippen molar-refractivity contribution in [2.75, 3.05) is 0 Å². The van der Waals surface area contributed by atoms with Gasteiger partial charge >= 0.3 is 5.95 Å². The number of aromatic hydroxyl groups is 1. The molecule has 0 aliphatic heterocycles. The fourth-order valence-electron chi connectivity index (χ4n) is 2.30. The van der Waals surface area contributed by atoms with Crippen LogP contribution in [0.2, 0.25) is 10.0 Å². The molecule has 1 amide bonds. The quantitative estimate of drug-likeness (QED) is 0.359. The summed E-state index contributed by atoms with van der Waals surface area (Å²) in [6, 6.07) is 8.47. The highest BCUT2D eigenvalue weighted by atomic mass is 35.5. The number of hydrogen-bond donors (Lipinski definition) is 2. The molecule has 0 fully saturated rings. The van der Waals surface area contributed by atoms with Crippen molar-refractivity contribution in [2.24, 2.45) is 5.10 Å². The van der Waals surface area contributed by atoms with E-state index >= 15 is 0 Å². The molecule has 7 nitrogen and oxygen atoms in total. The normalized spacial score (nSPS) is 11.5. The van der Waals surface area contributed by atoms with Gasteiger partial charge in [-0.1, -0.05) is 29.3 Å². The highest BCUT2D eigenvalue weighted by Gasteiger charge is 2.18. The number of halogens is 2. The molecule has 0 saturated heterocycles. The second kappa shape index (κ2) is 7.07. The van der Waals surface area contributed by atoms with Crippen LogP contribution in [0.3, 0.4) is 0 Å². The molecule has 0 atom stereocenters. The van der Waals surface area contributed by atoms with Gasteiger partial charge in [-0.3, -0.25) is 4.79 Å². The number of carbonyl (C=O) groups is 1. The first kappa shape index (κ1) is 17.6. The van der Waals surface area contributed by atoms with Crippen molar-refractivity contribution in [1.82, 2.24) is 10.4 Å². The van der Waals surface area contributed by atoms with E-state index in [1.165, 1.54) is 17.6 Å². The van der Waals surface area contributed by atoms with Gasteiger partial charge in [0.2, 0.25) is 0 Å². The maximum atomic E-state index is 12.3. The number of fused-ring (bicyclic) bond motifs is 1. The van der Waals surface area contributed by atoms with Crippen molar-refractivity contribution in [3.8, 4) is 17.6 Å². The molecule has 136 valence electrons. The van der Waals surface area contributed by atoms with Gasteiger partial charge in [0.1, 0.15) is 4.88 Å². The van der Waals surface area contributed by atoms with E-state index in [2.05, 4.69) is 15.5 Å². The summed E-state index contributed by atoms with van der Waals surface area (Å²) in [5.41, 5.74) is 2.38. The van der Waals surface area contributed by atoms with Crippen LogP contribution in [0, 0.1) is 0 Å². The SMILES string of the molecule is O=C(N/N=C/c1nc(-c2ccco2)oc1O)c1sc2cc(Cl)ccc2c1Cl. The predicted octanol–water partition coefficient (Wildman–Crippen LogP) is 4.93. The fourth-order valence-corrected chi connectivity index (χ4v) is 3.98. The Balaban J connectivity index is 1.52. The first-order valence-corrected chi connectivity index (χ1v) is 9.05.